The molecule has 3 atom stereocenters. The van der Waals surface area contributed by atoms with Gasteiger partial charge in [-0.05, 0) is 26.2 Å². The molecule has 6 heteroatoms. The van der Waals surface area contributed by atoms with E-state index in [4.69, 9.17) is 5.73 Å². The summed E-state index contributed by atoms with van der Waals surface area (Å²) in [6.07, 6.45) is 3.52. The zero-order valence-corrected chi connectivity index (χ0v) is 11.1. The van der Waals surface area contributed by atoms with Crippen molar-refractivity contribution in [2.24, 2.45) is 11.7 Å². The zero-order valence-electron chi connectivity index (χ0n) is 10.3. The molecule has 2 unspecified atom stereocenters. The van der Waals surface area contributed by atoms with Crippen LogP contribution in [0.3, 0.4) is 0 Å². The molecular formula is C11H21ClN2O3. The van der Waals surface area contributed by atoms with E-state index in [-0.39, 0.29) is 30.3 Å². The fourth-order valence-corrected chi connectivity index (χ4v) is 2.03. The van der Waals surface area contributed by atoms with Gasteiger partial charge in [-0.3, -0.25) is 4.79 Å². The molecule has 1 fully saturated rings. The second-order valence-corrected chi connectivity index (χ2v) is 4.38. The van der Waals surface area contributed by atoms with Crippen LogP contribution < -0.4 is 11.1 Å². The number of amides is 1. The smallest absolute Gasteiger partial charge is 0.328 e. The highest BCUT2D eigenvalue weighted by atomic mass is 35.5. The van der Waals surface area contributed by atoms with Crippen molar-refractivity contribution >= 4 is 24.3 Å². The Kier molecular flexibility index (Phi) is 7.15. The maximum Gasteiger partial charge on any atom is 0.328 e. The Morgan fingerprint density at radius 2 is 2.06 bits per heavy atom. The fourth-order valence-electron chi connectivity index (χ4n) is 2.03. The molecule has 3 N–H and O–H groups in total. The summed E-state index contributed by atoms with van der Waals surface area (Å²) in [7, 11) is 1.31. The van der Waals surface area contributed by atoms with Gasteiger partial charge in [0.2, 0.25) is 5.91 Å². The summed E-state index contributed by atoms with van der Waals surface area (Å²) in [6, 6.07) is -0.478. The van der Waals surface area contributed by atoms with Gasteiger partial charge in [-0.15, -0.1) is 12.4 Å². The minimum Gasteiger partial charge on any atom is -0.467 e. The maximum absolute atomic E-state index is 11.8. The molecule has 0 radical (unpaired) electrons. The van der Waals surface area contributed by atoms with Crippen LogP contribution in [-0.2, 0) is 14.3 Å². The molecule has 0 aromatic rings. The minimum atomic E-state index is -0.587. The topological polar surface area (TPSA) is 81.4 Å². The third kappa shape index (κ3) is 4.91. The van der Waals surface area contributed by atoms with Crippen LogP contribution in [0.4, 0.5) is 0 Å². The molecule has 1 amide bonds. The number of esters is 1. The Labute approximate surface area is 108 Å². The van der Waals surface area contributed by atoms with Gasteiger partial charge in [0.25, 0.3) is 0 Å². The highest BCUT2D eigenvalue weighted by Gasteiger charge is 2.27. The van der Waals surface area contributed by atoms with E-state index in [1.807, 2.05) is 0 Å². The molecule has 0 aromatic carbocycles. The molecule has 1 aliphatic rings. The molecule has 1 rings (SSSR count). The van der Waals surface area contributed by atoms with Crippen molar-refractivity contribution in [3.63, 3.8) is 0 Å². The van der Waals surface area contributed by atoms with Crippen molar-refractivity contribution in [2.45, 2.75) is 44.7 Å². The fraction of sp³-hybridized carbons (Fsp3) is 0.818. The standard InChI is InChI=1S/C11H20N2O3.ClH/c1-7(11(15)16-2)13-10(14)8-4-3-5-9(12)6-8;/h7-9H,3-6,12H2,1-2H3,(H,13,14);1H/t7-,8?,9?;/m1./s1. The second-order valence-electron chi connectivity index (χ2n) is 4.38. The zero-order chi connectivity index (χ0) is 12.1. The molecule has 0 saturated heterocycles. The van der Waals surface area contributed by atoms with Crippen LogP contribution in [-0.4, -0.2) is 31.1 Å². The van der Waals surface area contributed by atoms with Crippen molar-refractivity contribution < 1.29 is 14.3 Å². The van der Waals surface area contributed by atoms with Gasteiger partial charge >= 0.3 is 5.97 Å². The van der Waals surface area contributed by atoms with Crippen LogP contribution >= 0.6 is 12.4 Å². The summed E-state index contributed by atoms with van der Waals surface area (Å²) in [6.45, 7) is 1.62. The molecule has 5 nitrogen and oxygen atoms in total. The Hall–Kier alpha value is -0.810. The van der Waals surface area contributed by atoms with Crippen LogP contribution in [0.25, 0.3) is 0 Å². The van der Waals surface area contributed by atoms with Crippen LogP contribution in [0.5, 0.6) is 0 Å². The highest BCUT2D eigenvalue weighted by molar-refractivity contribution is 5.85. The summed E-state index contributed by atoms with van der Waals surface area (Å²) in [4.78, 5) is 22.9. The average molecular weight is 265 g/mol. The van der Waals surface area contributed by atoms with Crippen LogP contribution in [0.15, 0.2) is 0 Å². The van der Waals surface area contributed by atoms with Gasteiger partial charge < -0.3 is 15.8 Å². The average Bonchev–Trinajstić information content (AvgIpc) is 2.27. The molecule has 1 saturated carbocycles. The van der Waals surface area contributed by atoms with E-state index in [0.717, 1.165) is 19.3 Å². The van der Waals surface area contributed by atoms with Crippen molar-refractivity contribution in [2.75, 3.05) is 7.11 Å². The van der Waals surface area contributed by atoms with Crippen LogP contribution in [0.1, 0.15) is 32.6 Å². The number of nitrogens with one attached hydrogen (secondary N) is 1. The monoisotopic (exact) mass is 264 g/mol. The molecule has 1 aliphatic carbocycles. The first kappa shape index (κ1) is 16.2. The van der Waals surface area contributed by atoms with E-state index in [9.17, 15) is 9.59 Å². The predicted molar refractivity (Wildman–Crippen MR) is 66.8 cm³/mol. The summed E-state index contributed by atoms with van der Waals surface area (Å²) in [5.41, 5.74) is 5.81. The highest BCUT2D eigenvalue weighted by Crippen LogP contribution is 2.23. The van der Waals surface area contributed by atoms with Crippen LogP contribution in [0, 0.1) is 5.92 Å². The Bertz CT molecular complexity index is 273. The molecule has 0 aliphatic heterocycles. The van der Waals surface area contributed by atoms with Gasteiger partial charge in [0.1, 0.15) is 6.04 Å². The number of rotatable bonds is 3. The van der Waals surface area contributed by atoms with Gasteiger partial charge in [-0.25, -0.2) is 4.79 Å². The maximum atomic E-state index is 11.8. The number of carbonyl (C=O) groups excluding carboxylic acids is 2. The van der Waals surface area contributed by atoms with E-state index in [1.54, 1.807) is 6.92 Å². The van der Waals surface area contributed by atoms with E-state index < -0.39 is 12.0 Å². The Morgan fingerprint density at radius 3 is 2.59 bits per heavy atom. The number of halogens is 1. The summed E-state index contributed by atoms with van der Waals surface area (Å²) >= 11 is 0. The van der Waals surface area contributed by atoms with E-state index >= 15 is 0 Å². The first-order chi connectivity index (χ1) is 7.54. The van der Waals surface area contributed by atoms with Gasteiger partial charge in [-0.2, -0.15) is 0 Å². The van der Waals surface area contributed by atoms with Crippen molar-refractivity contribution in [1.29, 1.82) is 0 Å². The quantitative estimate of drug-likeness (QED) is 0.732. The molecule has 17 heavy (non-hydrogen) atoms. The van der Waals surface area contributed by atoms with Gasteiger partial charge in [0.15, 0.2) is 0 Å². The molecule has 0 spiro atoms. The largest absolute Gasteiger partial charge is 0.467 e. The first-order valence-electron chi connectivity index (χ1n) is 5.68. The SMILES string of the molecule is COC(=O)[C@@H](C)NC(=O)C1CCCC(N)C1.Cl. The van der Waals surface area contributed by atoms with E-state index in [1.165, 1.54) is 7.11 Å². The number of hydrogen-bond acceptors (Lipinski definition) is 4. The minimum absolute atomic E-state index is 0. The first-order valence-corrected chi connectivity index (χ1v) is 5.68. The van der Waals surface area contributed by atoms with Gasteiger partial charge in [0.05, 0.1) is 7.11 Å². The third-order valence-electron chi connectivity index (χ3n) is 3.00. The van der Waals surface area contributed by atoms with E-state index in [0.29, 0.717) is 6.42 Å². The number of ether oxygens (including phenoxy) is 1. The number of hydrogen-bond donors (Lipinski definition) is 2. The number of methoxy groups -OCH3 is 1. The Balaban J connectivity index is 0.00000256. The lowest BCUT2D eigenvalue weighted by Gasteiger charge is -2.26. The summed E-state index contributed by atoms with van der Waals surface area (Å²) < 4.78 is 4.54. The normalized spacial score (nSPS) is 25.4. The number of carbonyl (C=O) groups is 2. The summed E-state index contributed by atoms with van der Waals surface area (Å²) in [5.74, 6) is -0.572. The lowest BCUT2D eigenvalue weighted by molar-refractivity contribution is -0.145. The lowest BCUT2D eigenvalue weighted by Crippen LogP contribution is -2.44. The lowest BCUT2D eigenvalue weighted by atomic mass is 9.85. The molecular weight excluding hydrogens is 244 g/mol. The van der Waals surface area contributed by atoms with Crippen LogP contribution in [0.2, 0.25) is 0 Å². The summed E-state index contributed by atoms with van der Waals surface area (Å²) in [5, 5.41) is 2.65. The van der Waals surface area contributed by atoms with Gasteiger partial charge in [0, 0.05) is 12.0 Å². The van der Waals surface area contributed by atoms with Crippen molar-refractivity contribution in [1.82, 2.24) is 5.32 Å². The van der Waals surface area contributed by atoms with E-state index in [2.05, 4.69) is 10.1 Å². The van der Waals surface area contributed by atoms with Gasteiger partial charge in [-0.1, -0.05) is 6.42 Å². The third-order valence-corrected chi connectivity index (χ3v) is 3.00. The Morgan fingerprint density at radius 1 is 1.41 bits per heavy atom. The van der Waals surface area contributed by atoms with Crippen molar-refractivity contribution in [3.05, 3.63) is 0 Å². The predicted octanol–water partition coefficient (Wildman–Crippen LogP) is 0.603. The molecule has 100 valence electrons. The molecule has 0 heterocycles. The molecule has 0 aromatic heterocycles. The molecule has 0 bridgehead atoms. The van der Waals surface area contributed by atoms with Crippen molar-refractivity contribution in [3.8, 4) is 0 Å². The number of nitrogens with two attached hydrogens (primary N) is 1. The second kappa shape index (κ2) is 7.50.